The van der Waals surface area contributed by atoms with E-state index in [2.05, 4.69) is 41.5 Å². The molecule has 2 aromatic carbocycles. The van der Waals surface area contributed by atoms with Gasteiger partial charge in [0.05, 0.1) is 22.4 Å². The van der Waals surface area contributed by atoms with E-state index in [4.69, 9.17) is 4.74 Å². The molecule has 1 heterocycles. The highest BCUT2D eigenvalue weighted by atomic mass is 32.2. The summed E-state index contributed by atoms with van der Waals surface area (Å²) >= 11 is 3.00. The molecule has 3 rings (SSSR count). The quantitative estimate of drug-likeness (QED) is 0.451. The largest absolute Gasteiger partial charge is 0.462 e. The van der Waals surface area contributed by atoms with Crippen LogP contribution in [0.25, 0.3) is 10.2 Å². The number of aryl methyl sites for hydroxylation is 1. The van der Waals surface area contributed by atoms with Crippen LogP contribution in [0.3, 0.4) is 0 Å². The molecule has 0 aliphatic heterocycles. The third-order valence-corrected chi connectivity index (χ3v) is 5.71. The van der Waals surface area contributed by atoms with Gasteiger partial charge in [-0.2, -0.15) is 0 Å². The van der Waals surface area contributed by atoms with Gasteiger partial charge in [0, 0.05) is 17.1 Å². The van der Waals surface area contributed by atoms with Gasteiger partial charge in [0.1, 0.15) is 0 Å². The standard InChI is InChI=1S/C20H20N2O3S2/c1-3-25-19(24)14-6-9-16-17(12-14)27-20(21-16)22-18(23)10-11-26-15-7-4-13(2)5-8-15/h4-9,12H,3,10-11H2,1-2H3,(H,21,22,23). The van der Waals surface area contributed by atoms with Crippen molar-refractivity contribution in [2.45, 2.75) is 25.2 Å². The number of thioether (sulfide) groups is 1. The van der Waals surface area contributed by atoms with E-state index in [1.165, 1.54) is 16.9 Å². The number of benzene rings is 2. The number of hydrogen-bond donors (Lipinski definition) is 1. The number of carbonyl (C=O) groups is 2. The number of nitrogens with one attached hydrogen (secondary N) is 1. The van der Waals surface area contributed by atoms with Gasteiger partial charge in [-0.15, -0.1) is 11.8 Å². The first-order valence-corrected chi connectivity index (χ1v) is 10.4. The summed E-state index contributed by atoms with van der Waals surface area (Å²) in [6.07, 6.45) is 0.405. The molecule has 3 aromatic rings. The molecule has 5 nitrogen and oxygen atoms in total. The molecule has 1 amide bonds. The Morgan fingerprint density at radius 1 is 1.19 bits per heavy atom. The summed E-state index contributed by atoms with van der Waals surface area (Å²) in [6, 6.07) is 13.4. The Morgan fingerprint density at radius 2 is 1.96 bits per heavy atom. The van der Waals surface area contributed by atoms with Gasteiger partial charge in [-0.3, -0.25) is 4.79 Å². The van der Waals surface area contributed by atoms with E-state index in [9.17, 15) is 9.59 Å². The zero-order valence-electron chi connectivity index (χ0n) is 15.2. The summed E-state index contributed by atoms with van der Waals surface area (Å²) in [5.74, 6) is 0.276. The fourth-order valence-corrected chi connectivity index (χ4v) is 4.17. The molecule has 0 unspecified atom stereocenters. The van der Waals surface area contributed by atoms with Crippen LogP contribution in [0.5, 0.6) is 0 Å². The number of aromatic nitrogens is 1. The second kappa shape index (κ2) is 9.01. The van der Waals surface area contributed by atoms with E-state index >= 15 is 0 Å². The molecule has 0 saturated heterocycles. The molecule has 0 spiro atoms. The van der Waals surface area contributed by atoms with Gasteiger partial charge in [0.15, 0.2) is 5.13 Å². The molecule has 1 N–H and O–H groups in total. The van der Waals surface area contributed by atoms with Crippen molar-refractivity contribution in [3.63, 3.8) is 0 Å². The van der Waals surface area contributed by atoms with Crippen LogP contribution in [-0.4, -0.2) is 29.2 Å². The summed E-state index contributed by atoms with van der Waals surface area (Å²) in [5.41, 5.74) is 2.46. The molecule has 0 radical (unpaired) electrons. The lowest BCUT2D eigenvalue weighted by atomic mass is 10.2. The SMILES string of the molecule is CCOC(=O)c1ccc2nc(NC(=O)CCSc3ccc(C)cc3)sc2c1. The van der Waals surface area contributed by atoms with Gasteiger partial charge in [-0.1, -0.05) is 29.0 Å². The van der Waals surface area contributed by atoms with Crippen LogP contribution >= 0.6 is 23.1 Å². The summed E-state index contributed by atoms with van der Waals surface area (Å²) < 4.78 is 5.85. The van der Waals surface area contributed by atoms with Crippen LogP contribution in [0, 0.1) is 6.92 Å². The molecule has 27 heavy (non-hydrogen) atoms. The van der Waals surface area contributed by atoms with Crippen molar-refractivity contribution in [2.24, 2.45) is 0 Å². The first-order valence-electron chi connectivity index (χ1n) is 8.62. The minimum atomic E-state index is -0.355. The predicted molar refractivity (Wildman–Crippen MR) is 111 cm³/mol. The lowest BCUT2D eigenvalue weighted by Crippen LogP contribution is -2.11. The Bertz CT molecular complexity index is 952. The monoisotopic (exact) mass is 400 g/mol. The van der Waals surface area contributed by atoms with Gasteiger partial charge >= 0.3 is 5.97 Å². The molecule has 1 aromatic heterocycles. The second-order valence-corrected chi connectivity index (χ2v) is 8.08. The molecule has 0 fully saturated rings. The summed E-state index contributed by atoms with van der Waals surface area (Å²) in [6.45, 7) is 4.16. The first-order chi connectivity index (χ1) is 13.0. The lowest BCUT2D eigenvalue weighted by Gasteiger charge is -2.02. The minimum absolute atomic E-state index is 0.0701. The van der Waals surface area contributed by atoms with Crippen LogP contribution in [0.4, 0.5) is 5.13 Å². The highest BCUT2D eigenvalue weighted by Crippen LogP contribution is 2.27. The number of carbonyl (C=O) groups excluding carboxylic acids is 2. The number of thiazole rings is 1. The molecular formula is C20H20N2O3S2. The highest BCUT2D eigenvalue weighted by molar-refractivity contribution is 7.99. The molecule has 0 saturated carbocycles. The fourth-order valence-electron chi connectivity index (χ4n) is 2.40. The number of fused-ring (bicyclic) bond motifs is 1. The van der Waals surface area contributed by atoms with Crippen LogP contribution in [0.15, 0.2) is 47.4 Å². The fraction of sp³-hybridized carbons (Fsp3) is 0.250. The Labute approximate surface area is 166 Å². The number of hydrogen-bond acceptors (Lipinski definition) is 6. The number of amides is 1. The van der Waals surface area contributed by atoms with Crippen molar-refractivity contribution in [2.75, 3.05) is 17.7 Å². The number of anilines is 1. The maximum absolute atomic E-state index is 12.2. The number of ether oxygens (including phenoxy) is 1. The van der Waals surface area contributed by atoms with Gasteiger partial charge in [-0.25, -0.2) is 9.78 Å². The Hall–Kier alpha value is -2.38. The Kier molecular flexibility index (Phi) is 6.47. The predicted octanol–water partition coefficient (Wildman–Crippen LogP) is 4.90. The third-order valence-electron chi connectivity index (χ3n) is 3.76. The van der Waals surface area contributed by atoms with Gasteiger partial charge in [-0.05, 0) is 44.2 Å². The highest BCUT2D eigenvalue weighted by Gasteiger charge is 2.12. The van der Waals surface area contributed by atoms with E-state index < -0.39 is 0 Å². The summed E-state index contributed by atoms with van der Waals surface area (Å²) in [5, 5.41) is 3.38. The van der Waals surface area contributed by atoms with E-state index in [0.717, 1.165) is 15.1 Å². The Morgan fingerprint density at radius 3 is 2.70 bits per heavy atom. The minimum Gasteiger partial charge on any atom is -0.462 e. The van der Waals surface area contributed by atoms with E-state index in [-0.39, 0.29) is 11.9 Å². The molecule has 0 aliphatic rings. The van der Waals surface area contributed by atoms with Gasteiger partial charge in [0.25, 0.3) is 0 Å². The average Bonchev–Trinajstić information content (AvgIpc) is 3.04. The van der Waals surface area contributed by atoms with Crippen LogP contribution in [0.1, 0.15) is 29.3 Å². The lowest BCUT2D eigenvalue weighted by molar-refractivity contribution is -0.115. The number of nitrogens with zero attached hydrogens (tertiary/aromatic N) is 1. The molecule has 0 aliphatic carbocycles. The maximum Gasteiger partial charge on any atom is 0.338 e. The molecular weight excluding hydrogens is 380 g/mol. The van der Waals surface area contributed by atoms with Crippen molar-refractivity contribution < 1.29 is 14.3 Å². The third kappa shape index (κ3) is 5.30. The van der Waals surface area contributed by atoms with E-state index in [1.54, 1.807) is 36.9 Å². The molecule has 7 heteroatoms. The van der Waals surface area contributed by atoms with Crippen molar-refractivity contribution in [3.8, 4) is 0 Å². The smallest absolute Gasteiger partial charge is 0.338 e. The van der Waals surface area contributed by atoms with Crippen molar-refractivity contribution in [1.82, 2.24) is 4.98 Å². The van der Waals surface area contributed by atoms with Crippen molar-refractivity contribution in [1.29, 1.82) is 0 Å². The first kappa shape index (κ1) is 19.4. The van der Waals surface area contributed by atoms with Crippen LogP contribution in [0.2, 0.25) is 0 Å². The van der Waals surface area contributed by atoms with Gasteiger partial charge < -0.3 is 10.1 Å². The van der Waals surface area contributed by atoms with Crippen LogP contribution in [-0.2, 0) is 9.53 Å². The van der Waals surface area contributed by atoms with Crippen molar-refractivity contribution >= 4 is 50.3 Å². The zero-order valence-corrected chi connectivity index (χ0v) is 16.8. The Balaban J connectivity index is 1.56. The molecule has 0 bridgehead atoms. The van der Waals surface area contributed by atoms with Crippen LogP contribution < -0.4 is 5.32 Å². The average molecular weight is 401 g/mol. The summed E-state index contributed by atoms with van der Waals surface area (Å²) in [4.78, 5) is 29.5. The number of rotatable bonds is 7. The topological polar surface area (TPSA) is 68.3 Å². The van der Waals surface area contributed by atoms with E-state index in [1.807, 2.05) is 0 Å². The second-order valence-electron chi connectivity index (χ2n) is 5.88. The maximum atomic E-state index is 12.2. The number of esters is 1. The normalized spacial score (nSPS) is 10.7. The summed E-state index contributed by atoms with van der Waals surface area (Å²) in [7, 11) is 0. The van der Waals surface area contributed by atoms with Gasteiger partial charge in [0.2, 0.25) is 5.91 Å². The van der Waals surface area contributed by atoms with Crippen molar-refractivity contribution in [3.05, 3.63) is 53.6 Å². The molecule has 140 valence electrons. The zero-order chi connectivity index (χ0) is 19.2. The molecule has 0 atom stereocenters. The van der Waals surface area contributed by atoms with E-state index in [0.29, 0.717) is 29.5 Å².